The minimum atomic E-state index is -3.87. The summed E-state index contributed by atoms with van der Waals surface area (Å²) in [6.45, 7) is -0.309. The number of nitrogens with zero attached hydrogens (tertiary/aromatic N) is 2. The number of hydrogen-bond acceptors (Lipinski definition) is 4. The first-order chi connectivity index (χ1) is 14.2. The van der Waals surface area contributed by atoms with Crippen LogP contribution >= 0.6 is 11.8 Å². The van der Waals surface area contributed by atoms with Gasteiger partial charge in [0.1, 0.15) is 18.2 Å². The highest BCUT2D eigenvalue weighted by Gasteiger charge is 2.34. The third kappa shape index (κ3) is 3.48. The molecular formula is C20H18F2N2O4S2. The van der Waals surface area contributed by atoms with E-state index >= 15 is 0 Å². The molecule has 2 heterocycles. The highest BCUT2D eigenvalue weighted by atomic mass is 32.2. The van der Waals surface area contributed by atoms with E-state index in [1.807, 2.05) is 0 Å². The molecule has 3 aromatic rings. The lowest BCUT2D eigenvalue weighted by atomic mass is 10.1. The van der Waals surface area contributed by atoms with E-state index in [9.17, 15) is 27.1 Å². The lowest BCUT2D eigenvalue weighted by molar-refractivity contribution is -0.137. The summed E-state index contributed by atoms with van der Waals surface area (Å²) in [4.78, 5) is 11.3. The fraction of sp³-hybridized carbons (Fsp3) is 0.250. The normalized spacial score (nSPS) is 16.7. The van der Waals surface area contributed by atoms with Gasteiger partial charge in [-0.3, -0.25) is 4.79 Å². The Bertz CT molecular complexity index is 1240. The molecule has 0 bridgehead atoms. The van der Waals surface area contributed by atoms with Crippen molar-refractivity contribution in [3.8, 4) is 0 Å². The minimum Gasteiger partial charge on any atom is -0.480 e. The van der Waals surface area contributed by atoms with Crippen molar-refractivity contribution in [3.63, 3.8) is 0 Å². The molecule has 1 atom stereocenters. The van der Waals surface area contributed by atoms with Gasteiger partial charge in [-0.05, 0) is 48.4 Å². The number of hydrogen-bond donors (Lipinski definition) is 1. The number of carboxylic acids is 1. The Morgan fingerprint density at radius 2 is 1.93 bits per heavy atom. The number of halogens is 2. The Kier molecular flexibility index (Phi) is 5.33. The molecule has 158 valence electrons. The van der Waals surface area contributed by atoms with Gasteiger partial charge in [0.2, 0.25) is 10.0 Å². The zero-order valence-electron chi connectivity index (χ0n) is 15.9. The maximum atomic E-state index is 14.7. The van der Waals surface area contributed by atoms with Gasteiger partial charge in [0.15, 0.2) is 0 Å². The first kappa shape index (κ1) is 20.8. The van der Waals surface area contributed by atoms with Crippen molar-refractivity contribution < 1.29 is 27.1 Å². The minimum absolute atomic E-state index is 0.0262. The van der Waals surface area contributed by atoms with Crippen LogP contribution in [-0.2, 0) is 27.8 Å². The van der Waals surface area contributed by atoms with Crippen LogP contribution in [0.1, 0.15) is 5.56 Å². The Balaban J connectivity index is 1.74. The Hall–Kier alpha value is -2.43. The topological polar surface area (TPSA) is 79.6 Å². The summed E-state index contributed by atoms with van der Waals surface area (Å²) in [5, 5.41) is 10.2. The molecule has 2 aromatic carbocycles. The summed E-state index contributed by atoms with van der Waals surface area (Å²) >= 11 is 1.31. The van der Waals surface area contributed by atoms with Crippen LogP contribution in [0.5, 0.6) is 0 Å². The molecule has 1 aromatic heterocycles. The van der Waals surface area contributed by atoms with Gasteiger partial charge in [0.25, 0.3) is 0 Å². The molecule has 1 aliphatic heterocycles. The quantitative estimate of drug-likeness (QED) is 0.642. The second-order valence-electron chi connectivity index (χ2n) is 7.04. The average molecular weight is 453 g/mol. The SMILES string of the molecule is CN(C1CSc2c(c3c(F)cccc3n2CC(=O)O)C1)S(=O)(=O)c1ccc(F)cc1. The Morgan fingerprint density at radius 1 is 1.23 bits per heavy atom. The van der Waals surface area contributed by atoms with Gasteiger partial charge in [-0.15, -0.1) is 11.8 Å². The van der Waals surface area contributed by atoms with Gasteiger partial charge in [-0.2, -0.15) is 4.31 Å². The highest BCUT2D eigenvalue weighted by molar-refractivity contribution is 7.99. The van der Waals surface area contributed by atoms with Crippen LogP contribution in [0.3, 0.4) is 0 Å². The fourth-order valence-corrected chi connectivity index (χ4v) is 6.55. The van der Waals surface area contributed by atoms with Gasteiger partial charge in [-0.25, -0.2) is 17.2 Å². The van der Waals surface area contributed by atoms with Crippen molar-refractivity contribution in [3.05, 3.63) is 59.7 Å². The number of aliphatic carboxylic acids is 1. The molecule has 1 aliphatic rings. The Morgan fingerprint density at radius 3 is 2.60 bits per heavy atom. The van der Waals surface area contributed by atoms with Gasteiger partial charge in [-0.1, -0.05) is 6.07 Å². The summed E-state index contributed by atoms with van der Waals surface area (Å²) in [5.41, 5.74) is 1.08. The first-order valence-corrected chi connectivity index (χ1v) is 11.5. The maximum absolute atomic E-state index is 14.7. The monoisotopic (exact) mass is 452 g/mol. The third-order valence-electron chi connectivity index (χ3n) is 5.24. The molecule has 1 N–H and O–H groups in total. The molecule has 1 unspecified atom stereocenters. The summed E-state index contributed by atoms with van der Waals surface area (Å²) in [7, 11) is -2.43. The molecule has 10 heteroatoms. The predicted molar refractivity (Wildman–Crippen MR) is 109 cm³/mol. The van der Waals surface area contributed by atoms with E-state index in [-0.39, 0.29) is 17.9 Å². The number of thioether (sulfide) groups is 1. The number of benzene rings is 2. The van der Waals surface area contributed by atoms with Crippen LogP contribution in [0.4, 0.5) is 8.78 Å². The molecule has 30 heavy (non-hydrogen) atoms. The highest BCUT2D eigenvalue weighted by Crippen LogP contribution is 2.40. The smallest absolute Gasteiger partial charge is 0.323 e. The van der Waals surface area contributed by atoms with Crippen molar-refractivity contribution in [2.75, 3.05) is 12.8 Å². The van der Waals surface area contributed by atoms with Gasteiger partial charge < -0.3 is 9.67 Å². The number of carbonyl (C=O) groups is 1. The van der Waals surface area contributed by atoms with Crippen LogP contribution < -0.4 is 0 Å². The van der Waals surface area contributed by atoms with Gasteiger partial charge in [0, 0.05) is 24.2 Å². The van der Waals surface area contributed by atoms with Crippen molar-refractivity contribution in [2.24, 2.45) is 0 Å². The molecule has 0 fully saturated rings. The number of carboxylic acid groups (broad SMARTS) is 1. The molecule has 0 radical (unpaired) electrons. The summed E-state index contributed by atoms with van der Waals surface area (Å²) < 4.78 is 56.6. The second-order valence-corrected chi connectivity index (χ2v) is 10.0. The summed E-state index contributed by atoms with van der Waals surface area (Å²) in [5.74, 6) is -1.67. The van der Waals surface area contributed by atoms with E-state index in [1.54, 1.807) is 10.6 Å². The fourth-order valence-electron chi connectivity index (χ4n) is 3.73. The number of rotatable bonds is 5. The molecular weight excluding hydrogens is 434 g/mol. The van der Waals surface area contributed by atoms with Gasteiger partial charge >= 0.3 is 5.97 Å². The molecule has 0 spiro atoms. The van der Waals surface area contributed by atoms with E-state index in [0.29, 0.717) is 27.2 Å². The standard InChI is InChI=1S/C20H18F2N2O4S2/c1-23(30(27,28)14-7-5-12(21)6-8-14)13-9-15-19-16(22)3-2-4-17(19)24(10-18(25)26)20(15)29-11-13/h2-8,13H,9-11H2,1H3,(H,25,26). The maximum Gasteiger partial charge on any atom is 0.323 e. The van der Waals surface area contributed by atoms with Crippen LogP contribution in [0.15, 0.2) is 52.4 Å². The van der Waals surface area contributed by atoms with E-state index in [2.05, 4.69) is 0 Å². The van der Waals surface area contributed by atoms with E-state index in [4.69, 9.17) is 0 Å². The van der Waals surface area contributed by atoms with Crippen molar-refractivity contribution in [1.29, 1.82) is 0 Å². The molecule has 0 amide bonds. The van der Waals surface area contributed by atoms with E-state index in [0.717, 1.165) is 12.1 Å². The van der Waals surface area contributed by atoms with Crippen molar-refractivity contribution in [2.45, 2.75) is 28.9 Å². The summed E-state index contributed by atoms with van der Waals surface area (Å²) in [6, 6.07) is 8.61. The predicted octanol–water partition coefficient (Wildman–Crippen LogP) is 3.34. The zero-order valence-corrected chi connectivity index (χ0v) is 17.5. The van der Waals surface area contributed by atoms with Crippen LogP contribution in [0.2, 0.25) is 0 Å². The number of sulfonamides is 1. The molecule has 4 rings (SSSR count). The molecule has 0 saturated carbocycles. The van der Waals surface area contributed by atoms with Crippen LogP contribution in [-0.4, -0.2) is 47.2 Å². The lowest BCUT2D eigenvalue weighted by Crippen LogP contribution is -2.41. The Labute approximate surface area is 176 Å². The zero-order chi connectivity index (χ0) is 21.6. The lowest BCUT2D eigenvalue weighted by Gasteiger charge is -2.30. The number of fused-ring (bicyclic) bond motifs is 3. The molecule has 0 saturated heterocycles. The van der Waals surface area contributed by atoms with E-state index < -0.39 is 33.7 Å². The van der Waals surface area contributed by atoms with Crippen molar-refractivity contribution in [1.82, 2.24) is 8.87 Å². The molecule has 6 nitrogen and oxygen atoms in total. The molecule has 0 aliphatic carbocycles. The second kappa shape index (κ2) is 7.68. The number of likely N-dealkylation sites (N-methyl/N-ethyl adjacent to an activating group) is 1. The average Bonchev–Trinajstić information content (AvgIpc) is 3.01. The van der Waals surface area contributed by atoms with Crippen LogP contribution in [0, 0.1) is 11.6 Å². The van der Waals surface area contributed by atoms with E-state index in [1.165, 1.54) is 47.4 Å². The summed E-state index contributed by atoms with van der Waals surface area (Å²) in [6.07, 6.45) is 0.239. The van der Waals surface area contributed by atoms with Crippen molar-refractivity contribution >= 4 is 38.7 Å². The third-order valence-corrected chi connectivity index (χ3v) is 8.45. The van der Waals surface area contributed by atoms with Crippen LogP contribution in [0.25, 0.3) is 10.9 Å². The van der Waals surface area contributed by atoms with Gasteiger partial charge in [0.05, 0.1) is 15.4 Å². The largest absolute Gasteiger partial charge is 0.480 e. The number of aromatic nitrogens is 1. The first-order valence-electron chi connectivity index (χ1n) is 9.08.